The van der Waals surface area contributed by atoms with Gasteiger partial charge >= 0.3 is 0 Å². The maximum absolute atomic E-state index is 13.8. The minimum atomic E-state index is -0.972. The van der Waals surface area contributed by atoms with Gasteiger partial charge in [-0.2, -0.15) is 0 Å². The summed E-state index contributed by atoms with van der Waals surface area (Å²) in [6.07, 6.45) is 0. The first-order chi connectivity index (χ1) is 12.7. The molecule has 4 nitrogen and oxygen atoms in total. The molecule has 1 atom stereocenters. The number of halogens is 2. The van der Waals surface area contributed by atoms with Gasteiger partial charge in [0.15, 0.2) is 0 Å². The van der Waals surface area contributed by atoms with Crippen molar-refractivity contribution < 1.29 is 18.4 Å². The fourth-order valence-corrected chi connectivity index (χ4v) is 2.66. The number of carbonyl (C=O) groups excluding carboxylic acids is 2. The van der Waals surface area contributed by atoms with E-state index in [1.165, 1.54) is 6.07 Å². The lowest BCUT2D eigenvalue weighted by molar-refractivity contribution is -0.118. The third-order valence-corrected chi connectivity index (χ3v) is 4.25. The molecular formula is C21H24F2N2O2. The van der Waals surface area contributed by atoms with Crippen LogP contribution >= 0.6 is 0 Å². The van der Waals surface area contributed by atoms with Crippen molar-refractivity contribution in [3.8, 4) is 0 Å². The third kappa shape index (κ3) is 5.12. The molecule has 2 rings (SSSR count). The molecule has 0 aromatic heterocycles. The molecule has 0 aliphatic rings. The number of hydrogen-bond acceptors (Lipinski definition) is 2. The number of anilines is 1. The topological polar surface area (TPSA) is 58.2 Å². The van der Waals surface area contributed by atoms with E-state index < -0.39 is 35.1 Å². The molecule has 2 amide bonds. The van der Waals surface area contributed by atoms with Crippen molar-refractivity contribution >= 4 is 17.5 Å². The van der Waals surface area contributed by atoms with Crippen LogP contribution in [0.2, 0.25) is 0 Å². The Balaban J connectivity index is 2.18. The molecule has 0 fully saturated rings. The van der Waals surface area contributed by atoms with E-state index in [0.717, 1.165) is 17.7 Å². The summed E-state index contributed by atoms with van der Waals surface area (Å²) < 4.78 is 27.6. The molecule has 6 heteroatoms. The Morgan fingerprint density at radius 1 is 0.926 bits per heavy atom. The molecule has 0 aliphatic heterocycles. The van der Waals surface area contributed by atoms with Crippen LogP contribution in [0.1, 0.15) is 49.5 Å². The highest BCUT2D eigenvalue weighted by atomic mass is 19.1. The molecular weight excluding hydrogens is 350 g/mol. The number of hydrogen-bond donors (Lipinski definition) is 2. The van der Waals surface area contributed by atoms with Gasteiger partial charge in [0.05, 0.1) is 0 Å². The standard InChI is InChI=1S/C21H24F2N2O2/c1-12(2)14-7-5-8-15(11-14)24-21(27)19(13(3)4)25-20(26)18-16(22)9-6-10-17(18)23/h5-13,19H,1-4H3,(H,24,27)(H,25,26). The van der Waals surface area contributed by atoms with E-state index in [1.54, 1.807) is 19.9 Å². The average Bonchev–Trinajstić information content (AvgIpc) is 2.59. The summed E-state index contributed by atoms with van der Waals surface area (Å²) in [5, 5.41) is 5.20. The number of rotatable bonds is 6. The predicted octanol–water partition coefficient (Wildman–Crippen LogP) is 4.48. The van der Waals surface area contributed by atoms with E-state index in [1.807, 2.05) is 32.0 Å². The summed E-state index contributed by atoms with van der Waals surface area (Å²) >= 11 is 0. The van der Waals surface area contributed by atoms with Gasteiger partial charge in [-0.3, -0.25) is 9.59 Å². The van der Waals surface area contributed by atoms with Gasteiger partial charge in [0.2, 0.25) is 5.91 Å². The van der Waals surface area contributed by atoms with Crippen molar-refractivity contribution in [3.05, 3.63) is 65.2 Å². The second-order valence-corrected chi connectivity index (χ2v) is 7.06. The van der Waals surface area contributed by atoms with Gasteiger partial charge in [-0.25, -0.2) is 8.78 Å². The zero-order chi connectivity index (χ0) is 20.1. The Labute approximate surface area is 158 Å². The summed E-state index contributed by atoms with van der Waals surface area (Å²) in [6, 6.07) is 9.64. The Kier molecular flexibility index (Phi) is 6.66. The van der Waals surface area contributed by atoms with Gasteiger partial charge in [0.1, 0.15) is 23.2 Å². The van der Waals surface area contributed by atoms with Gasteiger partial charge in [0.25, 0.3) is 5.91 Å². The summed E-state index contributed by atoms with van der Waals surface area (Å²) in [6.45, 7) is 7.57. The Morgan fingerprint density at radius 3 is 2.07 bits per heavy atom. The number of nitrogens with one attached hydrogen (secondary N) is 2. The van der Waals surface area contributed by atoms with Crippen LogP contribution in [-0.4, -0.2) is 17.9 Å². The van der Waals surface area contributed by atoms with Gasteiger partial charge in [-0.05, 0) is 41.7 Å². The normalized spacial score (nSPS) is 12.1. The maximum atomic E-state index is 13.8. The lowest BCUT2D eigenvalue weighted by Gasteiger charge is -2.22. The van der Waals surface area contributed by atoms with Crippen molar-refractivity contribution in [2.24, 2.45) is 5.92 Å². The largest absolute Gasteiger partial charge is 0.340 e. The van der Waals surface area contributed by atoms with E-state index in [0.29, 0.717) is 11.6 Å². The summed E-state index contributed by atoms with van der Waals surface area (Å²) in [5.41, 5.74) is 0.965. The maximum Gasteiger partial charge on any atom is 0.257 e. The second-order valence-electron chi connectivity index (χ2n) is 7.06. The molecule has 0 aliphatic carbocycles. The van der Waals surface area contributed by atoms with Gasteiger partial charge in [-0.15, -0.1) is 0 Å². The number of carbonyl (C=O) groups is 2. The summed E-state index contributed by atoms with van der Waals surface area (Å²) in [5.74, 6) is -3.34. The van der Waals surface area contributed by atoms with Crippen LogP contribution in [-0.2, 0) is 4.79 Å². The van der Waals surface area contributed by atoms with Gasteiger partial charge < -0.3 is 10.6 Å². The van der Waals surface area contributed by atoms with Crippen molar-refractivity contribution in [1.29, 1.82) is 0 Å². The quantitative estimate of drug-likeness (QED) is 0.783. The van der Waals surface area contributed by atoms with E-state index in [2.05, 4.69) is 10.6 Å². The van der Waals surface area contributed by atoms with Crippen LogP contribution in [0.4, 0.5) is 14.5 Å². The molecule has 27 heavy (non-hydrogen) atoms. The molecule has 0 spiro atoms. The Bertz CT molecular complexity index is 814. The lowest BCUT2D eigenvalue weighted by Crippen LogP contribution is -2.47. The fourth-order valence-electron chi connectivity index (χ4n) is 2.66. The summed E-state index contributed by atoms with van der Waals surface area (Å²) in [7, 11) is 0. The van der Waals surface area contributed by atoms with Crippen LogP contribution in [0.3, 0.4) is 0 Å². The minimum Gasteiger partial charge on any atom is -0.340 e. The Morgan fingerprint density at radius 2 is 1.52 bits per heavy atom. The van der Waals surface area contributed by atoms with E-state index in [9.17, 15) is 18.4 Å². The van der Waals surface area contributed by atoms with Crippen LogP contribution in [0.25, 0.3) is 0 Å². The van der Waals surface area contributed by atoms with Gasteiger partial charge in [-0.1, -0.05) is 45.9 Å². The minimum absolute atomic E-state index is 0.280. The number of amides is 2. The molecule has 0 saturated heterocycles. The second kappa shape index (κ2) is 8.75. The van der Waals surface area contributed by atoms with Gasteiger partial charge in [0, 0.05) is 5.69 Å². The van der Waals surface area contributed by atoms with Crippen LogP contribution in [0.5, 0.6) is 0 Å². The fraction of sp³-hybridized carbons (Fsp3) is 0.333. The summed E-state index contributed by atoms with van der Waals surface area (Å²) in [4.78, 5) is 25.0. The molecule has 0 radical (unpaired) electrons. The first-order valence-corrected chi connectivity index (χ1v) is 8.86. The smallest absolute Gasteiger partial charge is 0.257 e. The van der Waals surface area contributed by atoms with Crippen molar-refractivity contribution in [2.45, 2.75) is 39.7 Å². The SMILES string of the molecule is CC(C)c1cccc(NC(=O)C(NC(=O)c2c(F)cccc2F)C(C)C)c1. The zero-order valence-corrected chi connectivity index (χ0v) is 15.8. The zero-order valence-electron chi connectivity index (χ0n) is 15.8. The van der Waals surface area contributed by atoms with Crippen molar-refractivity contribution in [2.75, 3.05) is 5.32 Å². The Hall–Kier alpha value is -2.76. The molecule has 144 valence electrons. The molecule has 0 heterocycles. The highest BCUT2D eigenvalue weighted by Gasteiger charge is 2.27. The monoisotopic (exact) mass is 374 g/mol. The van der Waals surface area contributed by atoms with E-state index in [-0.39, 0.29) is 5.92 Å². The van der Waals surface area contributed by atoms with Crippen LogP contribution in [0, 0.1) is 17.6 Å². The van der Waals surface area contributed by atoms with Crippen molar-refractivity contribution in [3.63, 3.8) is 0 Å². The highest BCUT2D eigenvalue weighted by Crippen LogP contribution is 2.19. The van der Waals surface area contributed by atoms with Crippen LogP contribution in [0.15, 0.2) is 42.5 Å². The first-order valence-electron chi connectivity index (χ1n) is 8.86. The van der Waals surface area contributed by atoms with Crippen molar-refractivity contribution in [1.82, 2.24) is 5.32 Å². The van der Waals surface area contributed by atoms with E-state index in [4.69, 9.17) is 0 Å². The average molecular weight is 374 g/mol. The van der Waals surface area contributed by atoms with Crippen LogP contribution < -0.4 is 10.6 Å². The van der Waals surface area contributed by atoms with E-state index >= 15 is 0 Å². The third-order valence-electron chi connectivity index (χ3n) is 4.25. The molecule has 2 N–H and O–H groups in total. The molecule has 0 saturated carbocycles. The first kappa shape index (κ1) is 20.6. The highest BCUT2D eigenvalue weighted by molar-refractivity contribution is 6.01. The molecule has 1 unspecified atom stereocenters. The lowest BCUT2D eigenvalue weighted by atomic mass is 10.0. The molecule has 2 aromatic carbocycles. The predicted molar refractivity (Wildman–Crippen MR) is 102 cm³/mol. The molecule has 2 aromatic rings. The molecule has 0 bridgehead atoms. The number of benzene rings is 2.